The van der Waals surface area contributed by atoms with Crippen molar-refractivity contribution in [1.82, 2.24) is 10.2 Å². The average molecular weight is 306 g/mol. The Balaban J connectivity index is 1.87. The standard InChI is InChI=1S/C15H18N2O5/c18-9-7-13-12(6-8-17(13)15(20)21)16-14(19)22-10-11-4-2-1-3-5-11/h1-5,9,12-13H,6-8,10H2,(H,16,19)(H,20,21)/t12-,13+/m0/s1. The van der Waals surface area contributed by atoms with Crippen LogP contribution in [0.25, 0.3) is 0 Å². The molecule has 2 atom stereocenters. The van der Waals surface area contributed by atoms with Crippen LogP contribution in [0.5, 0.6) is 0 Å². The molecule has 1 aromatic rings. The van der Waals surface area contributed by atoms with Gasteiger partial charge in [-0.2, -0.15) is 0 Å². The number of amides is 2. The van der Waals surface area contributed by atoms with Gasteiger partial charge in [0.1, 0.15) is 12.9 Å². The van der Waals surface area contributed by atoms with E-state index < -0.39 is 24.3 Å². The van der Waals surface area contributed by atoms with Gasteiger partial charge in [-0.15, -0.1) is 0 Å². The molecular weight excluding hydrogens is 288 g/mol. The second-order valence-electron chi connectivity index (χ2n) is 5.05. The maximum atomic E-state index is 11.8. The molecule has 0 spiro atoms. The van der Waals surface area contributed by atoms with Crippen LogP contribution in [0.4, 0.5) is 9.59 Å². The van der Waals surface area contributed by atoms with E-state index >= 15 is 0 Å². The summed E-state index contributed by atoms with van der Waals surface area (Å²) >= 11 is 0. The van der Waals surface area contributed by atoms with E-state index in [9.17, 15) is 14.4 Å². The predicted octanol–water partition coefficient (Wildman–Crippen LogP) is 1.62. The second-order valence-corrected chi connectivity index (χ2v) is 5.05. The van der Waals surface area contributed by atoms with Gasteiger partial charge in [0.05, 0.1) is 12.1 Å². The molecule has 1 aromatic carbocycles. The molecule has 2 N–H and O–H groups in total. The van der Waals surface area contributed by atoms with E-state index in [4.69, 9.17) is 9.84 Å². The summed E-state index contributed by atoms with van der Waals surface area (Å²) in [5.74, 6) is 0. The first kappa shape index (κ1) is 15.8. The van der Waals surface area contributed by atoms with Crippen LogP contribution in [-0.4, -0.2) is 47.1 Å². The van der Waals surface area contributed by atoms with Crippen LogP contribution in [0.15, 0.2) is 30.3 Å². The lowest BCUT2D eigenvalue weighted by molar-refractivity contribution is -0.108. The van der Waals surface area contributed by atoms with E-state index in [0.717, 1.165) is 5.56 Å². The van der Waals surface area contributed by atoms with E-state index in [1.54, 1.807) is 0 Å². The third-order valence-electron chi connectivity index (χ3n) is 3.65. The SMILES string of the molecule is O=CC[C@@H]1[C@@H](NC(=O)OCc2ccccc2)CCN1C(=O)O. The fourth-order valence-corrected chi connectivity index (χ4v) is 2.57. The first-order valence-electron chi connectivity index (χ1n) is 7.02. The highest BCUT2D eigenvalue weighted by molar-refractivity contribution is 5.70. The van der Waals surface area contributed by atoms with Crippen molar-refractivity contribution in [3.05, 3.63) is 35.9 Å². The highest BCUT2D eigenvalue weighted by atomic mass is 16.5. The number of nitrogens with zero attached hydrogens (tertiary/aromatic N) is 1. The summed E-state index contributed by atoms with van der Waals surface area (Å²) in [7, 11) is 0. The first-order valence-corrected chi connectivity index (χ1v) is 7.02. The number of benzene rings is 1. The molecule has 0 radical (unpaired) electrons. The number of carbonyl (C=O) groups is 3. The predicted molar refractivity (Wildman–Crippen MR) is 77.4 cm³/mol. The van der Waals surface area contributed by atoms with Gasteiger partial charge in [-0.3, -0.25) is 0 Å². The van der Waals surface area contributed by atoms with Crippen LogP contribution in [0.3, 0.4) is 0 Å². The Kier molecular flexibility index (Phi) is 5.35. The summed E-state index contributed by atoms with van der Waals surface area (Å²) < 4.78 is 5.11. The number of carboxylic acid groups (broad SMARTS) is 1. The third-order valence-corrected chi connectivity index (χ3v) is 3.65. The number of rotatable bonds is 5. The number of hydrogen-bond donors (Lipinski definition) is 2. The molecule has 0 aromatic heterocycles. The highest BCUT2D eigenvalue weighted by Crippen LogP contribution is 2.20. The van der Waals surface area contributed by atoms with Crippen LogP contribution in [-0.2, 0) is 16.1 Å². The summed E-state index contributed by atoms with van der Waals surface area (Å²) in [5.41, 5.74) is 0.862. The minimum Gasteiger partial charge on any atom is -0.465 e. The monoisotopic (exact) mass is 306 g/mol. The Hall–Kier alpha value is -2.57. The van der Waals surface area contributed by atoms with Crippen molar-refractivity contribution in [1.29, 1.82) is 0 Å². The lowest BCUT2D eigenvalue weighted by atomic mass is 10.1. The van der Waals surface area contributed by atoms with Crippen molar-refractivity contribution in [2.75, 3.05) is 6.54 Å². The van der Waals surface area contributed by atoms with Crippen LogP contribution >= 0.6 is 0 Å². The smallest absolute Gasteiger partial charge is 0.407 e. The number of ether oxygens (including phenoxy) is 1. The van der Waals surface area contributed by atoms with Crippen molar-refractivity contribution < 1.29 is 24.2 Å². The Labute approximate surface area is 127 Å². The lowest BCUT2D eigenvalue weighted by Crippen LogP contribution is -2.46. The molecule has 7 nitrogen and oxygen atoms in total. The van der Waals surface area contributed by atoms with Crippen LogP contribution < -0.4 is 5.32 Å². The van der Waals surface area contributed by atoms with Gasteiger partial charge in [0.15, 0.2) is 0 Å². The number of carbonyl (C=O) groups excluding carboxylic acids is 2. The zero-order valence-electron chi connectivity index (χ0n) is 12.0. The van der Waals surface area contributed by atoms with Gasteiger partial charge >= 0.3 is 12.2 Å². The fraction of sp³-hybridized carbons (Fsp3) is 0.400. The molecule has 0 unspecified atom stereocenters. The lowest BCUT2D eigenvalue weighted by Gasteiger charge is -2.24. The fourth-order valence-electron chi connectivity index (χ4n) is 2.57. The van der Waals surface area contributed by atoms with E-state index in [-0.39, 0.29) is 19.6 Å². The summed E-state index contributed by atoms with van der Waals surface area (Å²) in [6, 6.07) is 8.28. The molecule has 118 valence electrons. The van der Waals surface area contributed by atoms with Crippen molar-refractivity contribution >= 4 is 18.5 Å². The largest absolute Gasteiger partial charge is 0.465 e. The van der Waals surface area contributed by atoms with Crippen LogP contribution in [0.2, 0.25) is 0 Å². The van der Waals surface area contributed by atoms with Crippen molar-refractivity contribution in [3.8, 4) is 0 Å². The molecular formula is C15H18N2O5. The van der Waals surface area contributed by atoms with Crippen molar-refractivity contribution in [2.45, 2.75) is 31.5 Å². The minimum absolute atomic E-state index is 0.0515. The highest BCUT2D eigenvalue weighted by Gasteiger charge is 2.37. The molecule has 2 rings (SSSR count). The average Bonchev–Trinajstić information content (AvgIpc) is 2.90. The number of hydrogen-bond acceptors (Lipinski definition) is 4. The zero-order chi connectivity index (χ0) is 15.9. The van der Waals surface area contributed by atoms with Gasteiger partial charge in [-0.1, -0.05) is 30.3 Å². The quantitative estimate of drug-likeness (QED) is 0.806. The minimum atomic E-state index is -1.09. The normalized spacial score (nSPS) is 20.5. The second kappa shape index (κ2) is 7.44. The van der Waals surface area contributed by atoms with E-state index in [0.29, 0.717) is 12.7 Å². The summed E-state index contributed by atoms with van der Waals surface area (Å²) in [6.45, 7) is 0.428. The number of alkyl carbamates (subject to hydrolysis) is 1. The van der Waals surface area contributed by atoms with Gasteiger partial charge in [-0.05, 0) is 12.0 Å². The van der Waals surface area contributed by atoms with Gasteiger partial charge < -0.3 is 24.9 Å². The van der Waals surface area contributed by atoms with Crippen LogP contribution in [0.1, 0.15) is 18.4 Å². The Morgan fingerprint density at radius 1 is 1.36 bits per heavy atom. The van der Waals surface area contributed by atoms with E-state index in [1.165, 1.54) is 4.90 Å². The van der Waals surface area contributed by atoms with Crippen LogP contribution in [0, 0.1) is 0 Å². The maximum absolute atomic E-state index is 11.8. The van der Waals surface area contributed by atoms with Gasteiger partial charge in [0, 0.05) is 13.0 Å². The van der Waals surface area contributed by atoms with Crippen molar-refractivity contribution in [3.63, 3.8) is 0 Å². The Morgan fingerprint density at radius 3 is 2.73 bits per heavy atom. The molecule has 1 aliphatic rings. The molecule has 1 fully saturated rings. The zero-order valence-corrected chi connectivity index (χ0v) is 12.0. The maximum Gasteiger partial charge on any atom is 0.407 e. The van der Waals surface area contributed by atoms with E-state index in [2.05, 4.69) is 5.32 Å². The van der Waals surface area contributed by atoms with E-state index in [1.807, 2.05) is 30.3 Å². The van der Waals surface area contributed by atoms with Gasteiger partial charge in [0.2, 0.25) is 0 Å². The summed E-state index contributed by atoms with van der Waals surface area (Å²) in [6.07, 6.45) is -0.525. The molecule has 22 heavy (non-hydrogen) atoms. The summed E-state index contributed by atoms with van der Waals surface area (Å²) in [5, 5.41) is 11.7. The molecule has 0 saturated carbocycles. The molecule has 1 heterocycles. The van der Waals surface area contributed by atoms with Crippen molar-refractivity contribution in [2.24, 2.45) is 0 Å². The van der Waals surface area contributed by atoms with Gasteiger partial charge in [-0.25, -0.2) is 9.59 Å². The number of aldehydes is 1. The van der Waals surface area contributed by atoms with Gasteiger partial charge in [0.25, 0.3) is 0 Å². The summed E-state index contributed by atoms with van der Waals surface area (Å²) in [4.78, 5) is 34.8. The molecule has 1 aliphatic heterocycles. The first-order chi connectivity index (χ1) is 10.6. The molecule has 2 amide bonds. The third kappa shape index (κ3) is 3.97. The molecule has 7 heteroatoms. The molecule has 0 aliphatic carbocycles. The number of nitrogens with one attached hydrogen (secondary N) is 1. The Bertz CT molecular complexity index is 534. The topological polar surface area (TPSA) is 95.9 Å². The number of likely N-dealkylation sites (tertiary alicyclic amines) is 1. The Morgan fingerprint density at radius 2 is 2.09 bits per heavy atom. The molecule has 1 saturated heterocycles. The molecule has 0 bridgehead atoms.